The molecular weight excluding hydrogens is 361 g/mol. The van der Waals surface area contributed by atoms with Gasteiger partial charge in [0.2, 0.25) is 21.8 Å². The summed E-state index contributed by atoms with van der Waals surface area (Å²) in [4.78, 5) is 23.8. The van der Waals surface area contributed by atoms with E-state index in [2.05, 4.69) is 10.6 Å². The molecule has 144 valence electrons. The van der Waals surface area contributed by atoms with E-state index in [9.17, 15) is 22.4 Å². The molecule has 1 aromatic carbocycles. The lowest BCUT2D eigenvalue weighted by molar-refractivity contribution is -0.129. The molecule has 26 heavy (non-hydrogen) atoms. The minimum Gasteiger partial charge on any atom is -0.355 e. The van der Waals surface area contributed by atoms with Crippen molar-refractivity contribution in [2.45, 2.75) is 31.1 Å². The SMILES string of the molecule is CCCNC(=O)CNC(=O)[C@H]1CCCN(S(=O)(=O)c2ccc(F)cc2)C1. The van der Waals surface area contributed by atoms with E-state index in [-0.39, 0.29) is 29.8 Å². The molecule has 7 nitrogen and oxygen atoms in total. The Bertz CT molecular complexity index is 737. The van der Waals surface area contributed by atoms with Crippen LogP contribution in [-0.2, 0) is 19.6 Å². The van der Waals surface area contributed by atoms with Crippen molar-refractivity contribution in [3.8, 4) is 0 Å². The van der Waals surface area contributed by atoms with Gasteiger partial charge < -0.3 is 10.6 Å². The fraction of sp³-hybridized carbons (Fsp3) is 0.529. The van der Waals surface area contributed by atoms with Crippen LogP contribution in [0.1, 0.15) is 26.2 Å². The number of benzene rings is 1. The number of halogens is 1. The van der Waals surface area contributed by atoms with Gasteiger partial charge in [-0.15, -0.1) is 0 Å². The first kappa shape index (κ1) is 20.3. The Morgan fingerprint density at radius 3 is 2.58 bits per heavy atom. The topological polar surface area (TPSA) is 95.6 Å². The summed E-state index contributed by atoms with van der Waals surface area (Å²) in [5.74, 6) is -1.64. The van der Waals surface area contributed by atoms with Gasteiger partial charge in [-0.2, -0.15) is 4.31 Å². The lowest BCUT2D eigenvalue weighted by Crippen LogP contribution is -2.47. The van der Waals surface area contributed by atoms with Crippen LogP contribution in [0.3, 0.4) is 0 Å². The molecule has 2 rings (SSSR count). The number of hydrogen-bond donors (Lipinski definition) is 2. The summed E-state index contributed by atoms with van der Waals surface area (Å²) < 4.78 is 39.6. The summed E-state index contributed by atoms with van der Waals surface area (Å²) >= 11 is 0. The zero-order chi connectivity index (χ0) is 19.2. The molecule has 2 amide bonds. The van der Waals surface area contributed by atoms with E-state index in [0.29, 0.717) is 25.9 Å². The highest BCUT2D eigenvalue weighted by Crippen LogP contribution is 2.24. The monoisotopic (exact) mass is 385 g/mol. The van der Waals surface area contributed by atoms with E-state index in [4.69, 9.17) is 0 Å². The predicted molar refractivity (Wildman–Crippen MR) is 94.2 cm³/mol. The second-order valence-corrected chi connectivity index (χ2v) is 8.16. The van der Waals surface area contributed by atoms with Crippen LogP contribution < -0.4 is 10.6 Å². The summed E-state index contributed by atoms with van der Waals surface area (Å²) in [5.41, 5.74) is 0. The molecule has 1 aromatic rings. The van der Waals surface area contributed by atoms with Gasteiger partial charge in [0.05, 0.1) is 17.4 Å². The van der Waals surface area contributed by atoms with Gasteiger partial charge in [0.1, 0.15) is 5.82 Å². The molecule has 1 heterocycles. The van der Waals surface area contributed by atoms with E-state index in [1.807, 2.05) is 6.92 Å². The molecule has 0 bridgehead atoms. The molecule has 0 aromatic heterocycles. The van der Waals surface area contributed by atoms with Gasteiger partial charge in [0, 0.05) is 19.6 Å². The summed E-state index contributed by atoms with van der Waals surface area (Å²) in [7, 11) is -3.78. The number of rotatable bonds is 7. The van der Waals surface area contributed by atoms with Crippen LogP contribution in [0.2, 0.25) is 0 Å². The molecule has 1 aliphatic rings. The summed E-state index contributed by atoms with van der Waals surface area (Å²) in [5, 5.41) is 5.22. The van der Waals surface area contributed by atoms with E-state index in [1.165, 1.54) is 16.4 Å². The van der Waals surface area contributed by atoms with Crippen LogP contribution in [0.5, 0.6) is 0 Å². The van der Waals surface area contributed by atoms with Gasteiger partial charge in [0.25, 0.3) is 0 Å². The Kier molecular flexibility index (Phi) is 7.10. The number of hydrogen-bond acceptors (Lipinski definition) is 4. The third kappa shape index (κ3) is 5.25. The van der Waals surface area contributed by atoms with Gasteiger partial charge in [0.15, 0.2) is 0 Å². The maximum atomic E-state index is 13.0. The minimum atomic E-state index is -3.78. The van der Waals surface area contributed by atoms with Gasteiger partial charge in [-0.3, -0.25) is 9.59 Å². The fourth-order valence-electron chi connectivity index (χ4n) is 2.77. The highest BCUT2D eigenvalue weighted by atomic mass is 32.2. The van der Waals surface area contributed by atoms with E-state index < -0.39 is 21.8 Å². The van der Waals surface area contributed by atoms with Crippen LogP contribution in [0.15, 0.2) is 29.2 Å². The van der Waals surface area contributed by atoms with Crippen LogP contribution in [-0.4, -0.2) is 50.7 Å². The number of piperidine rings is 1. The van der Waals surface area contributed by atoms with Crippen molar-refractivity contribution in [3.63, 3.8) is 0 Å². The molecule has 0 radical (unpaired) electrons. The molecule has 0 spiro atoms. The van der Waals surface area contributed by atoms with Crippen molar-refractivity contribution < 1.29 is 22.4 Å². The molecule has 1 saturated heterocycles. The summed E-state index contributed by atoms with van der Waals surface area (Å²) in [6.45, 7) is 2.70. The molecule has 0 aliphatic carbocycles. The number of nitrogens with one attached hydrogen (secondary N) is 2. The molecule has 1 atom stereocenters. The first-order valence-electron chi connectivity index (χ1n) is 8.64. The van der Waals surface area contributed by atoms with Crippen molar-refractivity contribution in [2.24, 2.45) is 5.92 Å². The van der Waals surface area contributed by atoms with Crippen molar-refractivity contribution in [1.29, 1.82) is 0 Å². The highest BCUT2D eigenvalue weighted by Gasteiger charge is 2.33. The third-order valence-electron chi connectivity index (χ3n) is 4.20. The Hall–Kier alpha value is -2.00. The van der Waals surface area contributed by atoms with Gasteiger partial charge >= 0.3 is 0 Å². The molecule has 0 unspecified atom stereocenters. The molecule has 1 fully saturated rings. The normalized spacial score (nSPS) is 18.3. The highest BCUT2D eigenvalue weighted by molar-refractivity contribution is 7.89. The minimum absolute atomic E-state index is 0.00102. The first-order chi connectivity index (χ1) is 12.3. The average molecular weight is 385 g/mol. The number of carbonyl (C=O) groups is 2. The Morgan fingerprint density at radius 2 is 1.92 bits per heavy atom. The summed E-state index contributed by atoms with van der Waals surface area (Å²) in [6, 6.07) is 4.62. The molecule has 1 aliphatic heterocycles. The van der Waals surface area contributed by atoms with Crippen molar-refractivity contribution in [3.05, 3.63) is 30.1 Å². The molecular formula is C17H24FN3O4S. The second-order valence-electron chi connectivity index (χ2n) is 6.22. The average Bonchev–Trinajstić information content (AvgIpc) is 2.64. The lowest BCUT2D eigenvalue weighted by atomic mass is 9.99. The van der Waals surface area contributed by atoms with Gasteiger partial charge in [-0.05, 0) is 43.5 Å². The number of nitrogens with zero attached hydrogens (tertiary/aromatic N) is 1. The smallest absolute Gasteiger partial charge is 0.243 e. The maximum Gasteiger partial charge on any atom is 0.243 e. The van der Waals surface area contributed by atoms with E-state index in [0.717, 1.165) is 18.6 Å². The van der Waals surface area contributed by atoms with Crippen molar-refractivity contribution in [1.82, 2.24) is 14.9 Å². The summed E-state index contributed by atoms with van der Waals surface area (Å²) in [6.07, 6.45) is 1.90. The Balaban J connectivity index is 1.96. The van der Waals surface area contributed by atoms with Gasteiger partial charge in [-0.25, -0.2) is 12.8 Å². The first-order valence-corrected chi connectivity index (χ1v) is 10.1. The van der Waals surface area contributed by atoms with Crippen LogP contribution >= 0.6 is 0 Å². The van der Waals surface area contributed by atoms with Crippen LogP contribution in [0.25, 0.3) is 0 Å². The van der Waals surface area contributed by atoms with Crippen LogP contribution in [0, 0.1) is 11.7 Å². The van der Waals surface area contributed by atoms with Gasteiger partial charge in [-0.1, -0.05) is 6.92 Å². The third-order valence-corrected chi connectivity index (χ3v) is 6.08. The molecule has 0 saturated carbocycles. The van der Waals surface area contributed by atoms with E-state index in [1.54, 1.807) is 0 Å². The Morgan fingerprint density at radius 1 is 1.23 bits per heavy atom. The van der Waals surface area contributed by atoms with Crippen molar-refractivity contribution >= 4 is 21.8 Å². The largest absolute Gasteiger partial charge is 0.355 e. The maximum absolute atomic E-state index is 13.0. The number of carbonyl (C=O) groups excluding carboxylic acids is 2. The predicted octanol–water partition coefficient (Wildman–Crippen LogP) is 0.869. The zero-order valence-electron chi connectivity index (χ0n) is 14.7. The Labute approximate surface area is 153 Å². The fourth-order valence-corrected chi connectivity index (χ4v) is 4.29. The van der Waals surface area contributed by atoms with Crippen molar-refractivity contribution in [2.75, 3.05) is 26.2 Å². The second kappa shape index (κ2) is 9.09. The lowest BCUT2D eigenvalue weighted by Gasteiger charge is -2.31. The number of sulfonamides is 1. The molecule has 2 N–H and O–H groups in total. The standard InChI is InChI=1S/C17H24FN3O4S/c1-2-9-19-16(22)11-20-17(23)13-4-3-10-21(12-13)26(24,25)15-7-5-14(18)6-8-15/h5-8,13H,2-4,9-12H2,1H3,(H,19,22)(H,20,23)/t13-/m0/s1. The quantitative estimate of drug-likeness (QED) is 0.728. The zero-order valence-corrected chi connectivity index (χ0v) is 15.5. The molecule has 9 heteroatoms. The number of amides is 2. The van der Waals surface area contributed by atoms with Crippen LogP contribution in [0.4, 0.5) is 4.39 Å². The van der Waals surface area contributed by atoms with E-state index >= 15 is 0 Å².